The second-order valence-corrected chi connectivity index (χ2v) is 8.84. The zero-order valence-corrected chi connectivity index (χ0v) is 17.3. The molecule has 1 aliphatic heterocycles. The molecule has 0 saturated carbocycles. The molecule has 0 aliphatic carbocycles. The first-order chi connectivity index (χ1) is 12.5. The van der Waals surface area contributed by atoms with Crippen molar-refractivity contribution in [3.05, 3.63) is 0 Å². The lowest BCUT2D eigenvalue weighted by molar-refractivity contribution is -0.0496. The molecule has 1 aliphatic rings. The highest BCUT2D eigenvalue weighted by atomic mass is 32.2. The van der Waals surface area contributed by atoms with Crippen molar-refractivity contribution in [2.45, 2.75) is 44.7 Å². The lowest BCUT2D eigenvalue weighted by Crippen LogP contribution is -2.47. The van der Waals surface area contributed by atoms with E-state index in [1.54, 1.807) is 7.05 Å². The van der Waals surface area contributed by atoms with Gasteiger partial charge in [0.05, 0.1) is 0 Å². The first-order valence-electron chi connectivity index (χ1n) is 9.24. The molecule has 1 fully saturated rings. The highest BCUT2D eigenvalue weighted by Crippen LogP contribution is 2.30. The topological polar surface area (TPSA) is 77.0 Å². The van der Waals surface area contributed by atoms with Gasteiger partial charge in [-0.1, -0.05) is 6.92 Å². The third-order valence-electron chi connectivity index (χ3n) is 5.09. The van der Waals surface area contributed by atoms with Crippen LogP contribution in [0.25, 0.3) is 0 Å². The van der Waals surface area contributed by atoms with E-state index < -0.39 is 15.5 Å². The molecule has 0 amide bonds. The molecule has 1 saturated heterocycles. The lowest BCUT2D eigenvalue weighted by Gasteiger charge is -2.31. The van der Waals surface area contributed by atoms with Crippen LogP contribution in [-0.4, -0.2) is 82.0 Å². The Kier molecular flexibility index (Phi) is 9.29. The molecule has 27 heavy (non-hydrogen) atoms. The maximum absolute atomic E-state index is 12.6. The van der Waals surface area contributed by atoms with E-state index in [0.29, 0.717) is 35.7 Å². The molecule has 11 heteroatoms. The number of aliphatic imine (C=N–C) groups is 1. The Morgan fingerprint density at radius 1 is 1.30 bits per heavy atom. The number of alkyl halides is 3. The largest absolute Gasteiger partial charge is 0.511 e. The van der Waals surface area contributed by atoms with Crippen LogP contribution >= 0.6 is 0 Å². The monoisotopic (exact) mass is 415 g/mol. The van der Waals surface area contributed by atoms with Gasteiger partial charge in [0.15, 0.2) is 5.96 Å². The van der Waals surface area contributed by atoms with Crippen LogP contribution in [-0.2, 0) is 10.0 Å². The zero-order valence-electron chi connectivity index (χ0n) is 16.5. The number of nitrogens with zero attached hydrogens (tertiary/aromatic N) is 3. The van der Waals surface area contributed by atoms with Crippen molar-refractivity contribution in [1.29, 1.82) is 0 Å². The highest BCUT2D eigenvalue weighted by molar-refractivity contribution is 7.90. The molecule has 1 heterocycles. The number of likely N-dealkylation sites (N-methyl/N-ethyl adjacent to an activating group) is 1. The lowest BCUT2D eigenvalue weighted by atomic mass is 9.98. The van der Waals surface area contributed by atoms with E-state index in [-0.39, 0.29) is 19.0 Å². The van der Waals surface area contributed by atoms with E-state index in [9.17, 15) is 21.6 Å². The molecular formula is C16H32F3N5O2S. The number of guanidine groups is 1. The van der Waals surface area contributed by atoms with Gasteiger partial charge < -0.3 is 15.5 Å². The van der Waals surface area contributed by atoms with Crippen LogP contribution in [0.2, 0.25) is 0 Å². The van der Waals surface area contributed by atoms with Crippen LogP contribution in [0.4, 0.5) is 13.2 Å². The first-order valence-corrected chi connectivity index (χ1v) is 10.7. The molecule has 0 radical (unpaired) electrons. The molecule has 1 atom stereocenters. The fourth-order valence-electron chi connectivity index (χ4n) is 2.84. The van der Waals surface area contributed by atoms with Gasteiger partial charge in [0.25, 0.3) is 0 Å². The van der Waals surface area contributed by atoms with Gasteiger partial charge in [0, 0.05) is 45.8 Å². The summed E-state index contributed by atoms with van der Waals surface area (Å²) in [5.74, 6) is 0.740. The average molecular weight is 416 g/mol. The van der Waals surface area contributed by atoms with Crippen LogP contribution in [0.1, 0.15) is 33.1 Å². The van der Waals surface area contributed by atoms with E-state index >= 15 is 0 Å². The molecule has 1 rings (SSSR count). The molecule has 0 bridgehead atoms. The molecule has 0 spiro atoms. The summed E-state index contributed by atoms with van der Waals surface area (Å²) >= 11 is 0. The summed E-state index contributed by atoms with van der Waals surface area (Å²) in [5, 5.41) is 6.38. The van der Waals surface area contributed by atoms with Crippen molar-refractivity contribution in [3.8, 4) is 0 Å². The minimum absolute atomic E-state index is 0.103. The molecule has 160 valence electrons. The second kappa shape index (κ2) is 10.5. The number of piperidine rings is 1. The number of hydrogen-bond acceptors (Lipinski definition) is 4. The summed E-state index contributed by atoms with van der Waals surface area (Å²) in [4.78, 5) is 6.39. The van der Waals surface area contributed by atoms with E-state index in [2.05, 4.69) is 41.4 Å². The van der Waals surface area contributed by atoms with Gasteiger partial charge in [-0.3, -0.25) is 4.99 Å². The fraction of sp³-hybridized carbons (Fsp3) is 0.938. The Morgan fingerprint density at radius 2 is 1.89 bits per heavy atom. The SMILES string of the molecule is CCC(C)N(C)CCNC(=NC)NCC1CCN(S(=O)(=O)C(F)(F)F)CC1. The quantitative estimate of drug-likeness (QED) is 0.464. The van der Waals surface area contributed by atoms with Gasteiger partial charge >= 0.3 is 15.5 Å². The third kappa shape index (κ3) is 7.11. The van der Waals surface area contributed by atoms with Crippen LogP contribution < -0.4 is 10.6 Å². The van der Waals surface area contributed by atoms with Crippen molar-refractivity contribution < 1.29 is 21.6 Å². The van der Waals surface area contributed by atoms with Gasteiger partial charge in [0.1, 0.15) is 0 Å². The Morgan fingerprint density at radius 3 is 2.37 bits per heavy atom. The number of rotatable bonds is 8. The van der Waals surface area contributed by atoms with Gasteiger partial charge in [-0.15, -0.1) is 0 Å². The molecule has 1 unspecified atom stereocenters. The Bertz CT molecular complexity index is 575. The Balaban J connectivity index is 2.36. The summed E-state index contributed by atoms with van der Waals surface area (Å²) in [5.41, 5.74) is -5.23. The molecule has 0 aromatic heterocycles. The van der Waals surface area contributed by atoms with Gasteiger partial charge in [-0.05, 0) is 39.2 Å². The zero-order chi connectivity index (χ0) is 20.7. The molecule has 0 aromatic carbocycles. The van der Waals surface area contributed by atoms with Crippen LogP contribution in [0, 0.1) is 5.92 Å². The van der Waals surface area contributed by atoms with E-state index in [0.717, 1.165) is 19.5 Å². The van der Waals surface area contributed by atoms with E-state index in [1.165, 1.54) is 0 Å². The van der Waals surface area contributed by atoms with Crippen molar-refractivity contribution >= 4 is 16.0 Å². The summed E-state index contributed by atoms with van der Waals surface area (Å²) in [6.07, 6.45) is 1.85. The number of halogens is 3. The maximum Gasteiger partial charge on any atom is 0.511 e. The first kappa shape index (κ1) is 24.0. The third-order valence-corrected chi connectivity index (χ3v) is 6.72. The smallest absolute Gasteiger partial charge is 0.356 e. The van der Waals surface area contributed by atoms with Crippen molar-refractivity contribution in [2.24, 2.45) is 10.9 Å². The fourth-order valence-corrected chi connectivity index (χ4v) is 3.83. The number of hydrogen-bond donors (Lipinski definition) is 2. The standard InChI is InChI=1S/C16H32F3N5O2S/c1-5-13(2)23(4)11-8-21-15(20-3)22-12-14-6-9-24(10-7-14)27(25,26)16(17,18)19/h13-14H,5-12H2,1-4H3,(H2,20,21,22). The summed E-state index contributed by atoms with van der Waals surface area (Å²) in [6.45, 7) is 6.21. The van der Waals surface area contributed by atoms with Crippen LogP contribution in [0.3, 0.4) is 0 Å². The molecule has 7 nitrogen and oxygen atoms in total. The van der Waals surface area contributed by atoms with Crippen LogP contribution in [0.15, 0.2) is 4.99 Å². The van der Waals surface area contributed by atoms with Crippen molar-refractivity contribution in [1.82, 2.24) is 19.8 Å². The van der Waals surface area contributed by atoms with E-state index in [1.807, 2.05) is 0 Å². The van der Waals surface area contributed by atoms with Gasteiger partial charge in [-0.2, -0.15) is 17.5 Å². The minimum atomic E-state index is -5.23. The summed E-state index contributed by atoms with van der Waals surface area (Å²) in [6, 6.07) is 0.500. The summed E-state index contributed by atoms with van der Waals surface area (Å²) in [7, 11) is -1.49. The highest BCUT2D eigenvalue weighted by Gasteiger charge is 2.50. The number of nitrogens with one attached hydrogen (secondary N) is 2. The molecular weight excluding hydrogens is 383 g/mol. The predicted molar refractivity (Wildman–Crippen MR) is 101 cm³/mol. The maximum atomic E-state index is 12.6. The average Bonchev–Trinajstić information content (AvgIpc) is 2.62. The minimum Gasteiger partial charge on any atom is -0.356 e. The Hall–Kier alpha value is -1.07. The predicted octanol–water partition coefficient (Wildman–Crippen LogP) is 1.44. The van der Waals surface area contributed by atoms with Crippen LogP contribution in [0.5, 0.6) is 0 Å². The molecule has 0 aromatic rings. The molecule has 2 N–H and O–H groups in total. The van der Waals surface area contributed by atoms with Crippen molar-refractivity contribution in [2.75, 3.05) is 46.8 Å². The second-order valence-electron chi connectivity index (χ2n) is 6.91. The van der Waals surface area contributed by atoms with Gasteiger partial charge in [0.2, 0.25) is 0 Å². The Labute approximate surface area is 160 Å². The normalized spacial score (nSPS) is 19.3. The van der Waals surface area contributed by atoms with Crippen molar-refractivity contribution in [3.63, 3.8) is 0 Å². The number of sulfonamides is 1. The summed E-state index contributed by atoms with van der Waals surface area (Å²) < 4.78 is 61.2. The van der Waals surface area contributed by atoms with E-state index in [4.69, 9.17) is 0 Å². The van der Waals surface area contributed by atoms with Gasteiger partial charge in [-0.25, -0.2) is 8.42 Å².